The standard InChI is InChI=1S/C17H16N2O2/c20-11-3-9-19-10-8-13-4-1-2-5-15(13)17(19)14-6-7-16(21)18-12-14/h1-7,9,11-12,17H,8,10H2,(H,18,21). The molecule has 0 aliphatic carbocycles. The quantitative estimate of drug-likeness (QED) is 0.691. The van der Waals surface area contributed by atoms with E-state index in [2.05, 4.69) is 22.0 Å². The van der Waals surface area contributed by atoms with Crippen LogP contribution in [0.2, 0.25) is 0 Å². The highest BCUT2D eigenvalue weighted by atomic mass is 16.1. The summed E-state index contributed by atoms with van der Waals surface area (Å²) in [6.07, 6.45) is 6.80. The zero-order valence-corrected chi connectivity index (χ0v) is 11.5. The normalized spacial score (nSPS) is 17.7. The zero-order valence-electron chi connectivity index (χ0n) is 11.5. The molecule has 1 aliphatic heterocycles. The number of H-pyrrole nitrogens is 1. The number of hydrogen-bond donors (Lipinski definition) is 1. The van der Waals surface area contributed by atoms with E-state index in [1.54, 1.807) is 6.20 Å². The molecule has 106 valence electrons. The number of aromatic amines is 1. The van der Waals surface area contributed by atoms with Crippen LogP contribution in [0.1, 0.15) is 22.7 Å². The molecule has 0 radical (unpaired) electrons. The Hall–Kier alpha value is -2.62. The molecule has 3 rings (SSSR count). The summed E-state index contributed by atoms with van der Waals surface area (Å²) in [5.74, 6) is 0. The smallest absolute Gasteiger partial charge is 0.247 e. The Morgan fingerprint density at radius 3 is 2.81 bits per heavy atom. The summed E-state index contributed by atoms with van der Waals surface area (Å²) in [6.45, 7) is 0.838. The van der Waals surface area contributed by atoms with Gasteiger partial charge in [-0.1, -0.05) is 24.3 Å². The molecule has 1 aromatic carbocycles. The number of benzene rings is 1. The first-order valence-corrected chi connectivity index (χ1v) is 6.94. The van der Waals surface area contributed by atoms with E-state index in [9.17, 15) is 9.59 Å². The molecule has 0 fully saturated rings. The minimum atomic E-state index is -0.113. The van der Waals surface area contributed by atoms with Crippen LogP contribution >= 0.6 is 0 Å². The Bertz CT molecular complexity index is 713. The van der Waals surface area contributed by atoms with Crippen LogP contribution in [-0.2, 0) is 11.2 Å². The molecule has 4 nitrogen and oxygen atoms in total. The molecule has 1 aliphatic rings. The highest BCUT2D eigenvalue weighted by Crippen LogP contribution is 2.34. The highest BCUT2D eigenvalue weighted by molar-refractivity contribution is 5.64. The van der Waals surface area contributed by atoms with Crippen LogP contribution in [0.15, 0.2) is 59.7 Å². The largest absolute Gasteiger partial charge is 0.366 e. The van der Waals surface area contributed by atoms with Gasteiger partial charge in [0.2, 0.25) is 5.56 Å². The SMILES string of the molecule is O=CC=CN1CCc2ccccc2C1c1ccc(=O)[nH]c1. The van der Waals surface area contributed by atoms with Crippen molar-refractivity contribution in [3.8, 4) is 0 Å². The van der Waals surface area contributed by atoms with Crippen molar-refractivity contribution in [1.29, 1.82) is 0 Å². The van der Waals surface area contributed by atoms with E-state index < -0.39 is 0 Å². The van der Waals surface area contributed by atoms with E-state index in [4.69, 9.17) is 0 Å². The zero-order chi connectivity index (χ0) is 14.7. The van der Waals surface area contributed by atoms with E-state index in [0.717, 1.165) is 24.8 Å². The second kappa shape index (κ2) is 5.79. The number of nitrogens with one attached hydrogen (secondary N) is 1. The molecule has 1 aromatic heterocycles. The van der Waals surface area contributed by atoms with Gasteiger partial charge in [0.1, 0.15) is 6.29 Å². The fraction of sp³-hybridized carbons (Fsp3) is 0.176. The minimum Gasteiger partial charge on any atom is -0.366 e. The second-order valence-corrected chi connectivity index (χ2v) is 5.05. The Balaban J connectivity index is 2.09. The molecule has 2 heterocycles. The number of pyridine rings is 1. The van der Waals surface area contributed by atoms with E-state index in [1.807, 2.05) is 24.4 Å². The van der Waals surface area contributed by atoms with Gasteiger partial charge in [0.15, 0.2) is 0 Å². The number of fused-ring (bicyclic) bond motifs is 1. The van der Waals surface area contributed by atoms with Crippen LogP contribution in [0.3, 0.4) is 0 Å². The molecule has 1 atom stereocenters. The lowest BCUT2D eigenvalue weighted by atomic mass is 9.89. The van der Waals surface area contributed by atoms with Gasteiger partial charge in [-0.15, -0.1) is 0 Å². The number of carbonyl (C=O) groups is 1. The number of hydrogen-bond acceptors (Lipinski definition) is 3. The topological polar surface area (TPSA) is 53.2 Å². The molecular weight excluding hydrogens is 264 g/mol. The lowest BCUT2D eigenvalue weighted by molar-refractivity contribution is -0.104. The number of aromatic nitrogens is 1. The third kappa shape index (κ3) is 2.65. The van der Waals surface area contributed by atoms with Gasteiger partial charge in [-0.2, -0.15) is 0 Å². The lowest BCUT2D eigenvalue weighted by Gasteiger charge is -2.36. The van der Waals surface area contributed by atoms with Crippen molar-refractivity contribution < 1.29 is 4.79 Å². The highest BCUT2D eigenvalue weighted by Gasteiger charge is 2.26. The molecule has 1 unspecified atom stereocenters. The Morgan fingerprint density at radius 1 is 1.19 bits per heavy atom. The summed E-state index contributed by atoms with van der Waals surface area (Å²) in [5, 5.41) is 0. The average Bonchev–Trinajstić information content (AvgIpc) is 2.53. The van der Waals surface area contributed by atoms with Gasteiger partial charge in [0.05, 0.1) is 6.04 Å². The maximum atomic E-state index is 11.3. The van der Waals surface area contributed by atoms with Gasteiger partial charge in [0.25, 0.3) is 0 Å². The van der Waals surface area contributed by atoms with Crippen molar-refractivity contribution in [3.05, 3.63) is 81.9 Å². The van der Waals surface area contributed by atoms with Crippen molar-refractivity contribution in [2.24, 2.45) is 0 Å². The van der Waals surface area contributed by atoms with Crippen LogP contribution in [0.5, 0.6) is 0 Å². The van der Waals surface area contributed by atoms with Crippen LogP contribution < -0.4 is 5.56 Å². The Morgan fingerprint density at radius 2 is 2.05 bits per heavy atom. The lowest BCUT2D eigenvalue weighted by Crippen LogP contribution is -2.32. The van der Waals surface area contributed by atoms with Gasteiger partial charge < -0.3 is 9.88 Å². The van der Waals surface area contributed by atoms with Crippen LogP contribution in [0.25, 0.3) is 0 Å². The summed E-state index contributed by atoms with van der Waals surface area (Å²) < 4.78 is 0. The molecule has 4 heteroatoms. The third-order valence-electron chi connectivity index (χ3n) is 3.80. The summed E-state index contributed by atoms with van der Waals surface area (Å²) in [4.78, 5) is 26.8. The van der Waals surface area contributed by atoms with Gasteiger partial charge in [-0.05, 0) is 35.3 Å². The number of carbonyl (C=O) groups excluding carboxylic acids is 1. The average molecular weight is 280 g/mol. The third-order valence-corrected chi connectivity index (χ3v) is 3.80. The van der Waals surface area contributed by atoms with Crippen molar-refractivity contribution in [2.75, 3.05) is 6.54 Å². The number of nitrogens with zero attached hydrogens (tertiary/aromatic N) is 1. The first kappa shape index (κ1) is 13.4. The van der Waals surface area contributed by atoms with Gasteiger partial charge in [-0.25, -0.2) is 0 Å². The molecule has 0 bridgehead atoms. The van der Waals surface area contributed by atoms with Crippen LogP contribution in [0.4, 0.5) is 0 Å². The van der Waals surface area contributed by atoms with E-state index >= 15 is 0 Å². The molecule has 0 saturated carbocycles. The molecular formula is C17H16N2O2. The van der Waals surface area contributed by atoms with E-state index in [-0.39, 0.29) is 11.6 Å². The molecule has 0 saturated heterocycles. The summed E-state index contributed by atoms with van der Waals surface area (Å²) >= 11 is 0. The maximum Gasteiger partial charge on any atom is 0.247 e. The fourth-order valence-electron chi connectivity index (χ4n) is 2.86. The van der Waals surface area contributed by atoms with Crippen molar-refractivity contribution in [1.82, 2.24) is 9.88 Å². The Labute approximate surface area is 122 Å². The molecule has 0 amide bonds. The van der Waals surface area contributed by atoms with Crippen molar-refractivity contribution in [2.45, 2.75) is 12.5 Å². The molecule has 2 aromatic rings. The number of rotatable bonds is 3. The number of aldehydes is 1. The van der Waals surface area contributed by atoms with Crippen LogP contribution in [-0.4, -0.2) is 22.7 Å². The molecule has 0 spiro atoms. The fourth-order valence-corrected chi connectivity index (χ4v) is 2.86. The van der Waals surface area contributed by atoms with Crippen molar-refractivity contribution in [3.63, 3.8) is 0 Å². The van der Waals surface area contributed by atoms with Crippen LogP contribution in [0, 0.1) is 0 Å². The first-order chi connectivity index (χ1) is 10.3. The minimum absolute atomic E-state index is 0.0167. The summed E-state index contributed by atoms with van der Waals surface area (Å²) in [7, 11) is 0. The van der Waals surface area contributed by atoms with Gasteiger partial charge >= 0.3 is 0 Å². The summed E-state index contributed by atoms with van der Waals surface area (Å²) in [6, 6.07) is 11.7. The number of allylic oxidation sites excluding steroid dienone is 1. The van der Waals surface area contributed by atoms with E-state index in [0.29, 0.717) is 0 Å². The van der Waals surface area contributed by atoms with E-state index in [1.165, 1.54) is 23.3 Å². The van der Waals surface area contributed by atoms with Gasteiger partial charge in [0, 0.05) is 25.0 Å². The molecule has 21 heavy (non-hydrogen) atoms. The molecule has 1 N–H and O–H groups in total. The first-order valence-electron chi connectivity index (χ1n) is 6.94. The maximum absolute atomic E-state index is 11.3. The monoisotopic (exact) mass is 280 g/mol. The van der Waals surface area contributed by atoms with Gasteiger partial charge in [-0.3, -0.25) is 9.59 Å². The Kier molecular flexibility index (Phi) is 3.69. The van der Waals surface area contributed by atoms with Crippen molar-refractivity contribution >= 4 is 6.29 Å². The predicted molar refractivity (Wildman–Crippen MR) is 81.0 cm³/mol. The predicted octanol–water partition coefficient (Wildman–Crippen LogP) is 2.04. The summed E-state index contributed by atoms with van der Waals surface area (Å²) in [5.41, 5.74) is 3.42. The second-order valence-electron chi connectivity index (χ2n) is 5.05.